The molecule has 0 spiro atoms. The number of thiophene rings is 1. The Morgan fingerprint density at radius 3 is 2.30 bits per heavy atom. The number of carboxylic acids is 1. The Balaban J connectivity index is 1.61. The summed E-state index contributed by atoms with van der Waals surface area (Å²) in [6, 6.07) is 5.49. The molecule has 2 aromatic heterocycles. The van der Waals surface area contributed by atoms with Crippen molar-refractivity contribution in [3.8, 4) is 17.6 Å². The van der Waals surface area contributed by atoms with Gasteiger partial charge in [0.1, 0.15) is 10.6 Å². The summed E-state index contributed by atoms with van der Waals surface area (Å²) >= 11 is 1.17. The molecule has 0 radical (unpaired) electrons. The first-order chi connectivity index (χ1) is 17.6. The Morgan fingerprint density at radius 1 is 1.05 bits per heavy atom. The molecule has 2 aromatic rings. The molecule has 2 saturated carbocycles. The average molecular weight is 523 g/mol. The molecular formula is C30H38N2O4S. The molecule has 198 valence electrons. The normalized spacial score (nSPS) is 24.0. The van der Waals surface area contributed by atoms with Crippen molar-refractivity contribution in [2.45, 2.75) is 91.2 Å². The summed E-state index contributed by atoms with van der Waals surface area (Å²) in [5.41, 5.74) is 0.313. The molecule has 37 heavy (non-hydrogen) atoms. The molecule has 1 N–H and O–H groups in total. The summed E-state index contributed by atoms with van der Waals surface area (Å²) in [5.74, 6) is 6.80. The third-order valence-electron chi connectivity index (χ3n) is 7.29. The van der Waals surface area contributed by atoms with Crippen molar-refractivity contribution in [3.63, 3.8) is 0 Å². The van der Waals surface area contributed by atoms with Crippen molar-refractivity contribution >= 4 is 28.9 Å². The van der Waals surface area contributed by atoms with Crippen LogP contribution in [0.25, 0.3) is 0 Å². The lowest BCUT2D eigenvalue weighted by Crippen LogP contribution is -2.47. The highest BCUT2D eigenvalue weighted by Crippen LogP contribution is 2.39. The minimum Gasteiger partial charge on any atom is -0.490 e. The van der Waals surface area contributed by atoms with Crippen molar-refractivity contribution < 1.29 is 19.4 Å². The SMILES string of the molecule is CC1CCC(C(=O)N(c2cc(C#CC(C)(C)C)sc2C(=O)O)C2CCC(Oc3ccncc3)CC2)CC1. The highest BCUT2D eigenvalue weighted by atomic mass is 32.1. The lowest BCUT2D eigenvalue weighted by atomic mass is 9.81. The summed E-state index contributed by atoms with van der Waals surface area (Å²) in [4.78, 5) is 33.1. The maximum absolute atomic E-state index is 14.0. The molecule has 1 amide bonds. The maximum Gasteiger partial charge on any atom is 0.348 e. The van der Waals surface area contributed by atoms with Crippen LogP contribution in [0, 0.1) is 29.1 Å². The molecule has 4 rings (SSSR count). The van der Waals surface area contributed by atoms with Gasteiger partial charge in [0.25, 0.3) is 0 Å². The molecule has 0 aliphatic heterocycles. The smallest absolute Gasteiger partial charge is 0.348 e. The quantitative estimate of drug-likeness (QED) is 0.423. The van der Waals surface area contributed by atoms with Gasteiger partial charge in [-0.2, -0.15) is 0 Å². The Kier molecular flexibility index (Phi) is 8.59. The van der Waals surface area contributed by atoms with E-state index in [9.17, 15) is 14.7 Å². The molecule has 2 fully saturated rings. The van der Waals surface area contributed by atoms with Gasteiger partial charge in [-0.15, -0.1) is 11.3 Å². The second-order valence-corrected chi connectivity index (χ2v) is 12.6. The van der Waals surface area contributed by atoms with E-state index in [0.29, 0.717) is 16.5 Å². The number of carbonyl (C=O) groups is 2. The monoisotopic (exact) mass is 522 g/mol. The number of pyridine rings is 1. The van der Waals surface area contributed by atoms with Crippen LogP contribution in [0.2, 0.25) is 0 Å². The number of aromatic nitrogens is 1. The van der Waals surface area contributed by atoms with Gasteiger partial charge >= 0.3 is 5.97 Å². The van der Waals surface area contributed by atoms with E-state index in [4.69, 9.17) is 4.74 Å². The first-order valence-electron chi connectivity index (χ1n) is 13.4. The van der Waals surface area contributed by atoms with Gasteiger partial charge in [0.05, 0.1) is 16.7 Å². The number of aromatic carboxylic acids is 1. The number of hydrogen-bond donors (Lipinski definition) is 1. The van der Waals surface area contributed by atoms with Crippen LogP contribution in [-0.4, -0.2) is 34.1 Å². The fourth-order valence-corrected chi connectivity index (χ4v) is 6.10. The number of rotatable bonds is 6. The van der Waals surface area contributed by atoms with Crippen molar-refractivity contribution in [1.29, 1.82) is 0 Å². The van der Waals surface area contributed by atoms with E-state index >= 15 is 0 Å². The van der Waals surface area contributed by atoms with Crippen LogP contribution in [-0.2, 0) is 4.79 Å². The van der Waals surface area contributed by atoms with Crippen LogP contribution in [0.5, 0.6) is 5.75 Å². The van der Waals surface area contributed by atoms with Crippen LogP contribution in [0.4, 0.5) is 5.69 Å². The van der Waals surface area contributed by atoms with Gasteiger partial charge < -0.3 is 14.7 Å². The first kappa shape index (κ1) is 27.2. The molecular weight excluding hydrogens is 484 g/mol. The number of amides is 1. The van der Waals surface area contributed by atoms with Gasteiger partial charge in [0, 0.05) is 29.8 Å². The predicted octanol–water partition coefficient (Wildman–Crippen LogP) is 6.79. The zero-order valence-electron chi connectivity index (χ0n) is 22.3. The lowest BCUT2D eigenvalue weighted by molar-refractivity contribution is -0.124. The molecule has 0 bridgehead atoms. The summed E-state index contributed by atoms with van der Waals surface area (Å²) in [6.07, 6.45) is 10.5. The fourth-order valence-electron chi connectivity index (χ4n) is 5.25. The van der Waals surface area contributed by atoms with E-state index < -0.39 is 5.97 Å². The average Bonchev–Trinajstić information content (AvgIpc) is 3.29. The minimum atomic E-state index is -1.01. The topological polar surface area (TPSA) is 79.7 Å². The van der Waals surface area contributed by atoms with Gasteiger partial charge in [-0.25, -0.2) is 4.79 Å². The van der Waals surface area contributed by atoms with E-state index in [2.05, 4.69) is 23.7 Å². The zero-order chi connectivity index (χ0) is 26.6. The molecule has 0 atom stereocenters. The Morgan fingerprint density at radius 2 is 1.70 bits per heavy atom. The highest BCUT2D eigenvalue weighted by Gasteiger charge is 2.37. The number of carboxylic acid groups (broad SMARTS) is 1. The molecule has 2 heterocycles. The molecule has 0 aromatic carbocycles. The first-order valence-corrected chi connectivity index (χ1v) is 14.2. The Labute approximate surface area is 224 Å². The third kappa shape index (κ3) is 7.13. The molecule has 7 heteroatoms. The maximum atomic E-state index is 14.0. The van der Waals surface area contributed by atoms with Crippen LogP contribution in [0.15, 0.2) is 30.6 Å². The number of anilines is 1. The summed E-state index contributed by atoms with van der Waals surface area (Å²) < 4.78 is 6.15. The standard InChI is InChI=1S/C30H38N2O4S/c1-20-5-7-21(8-6-20)28(33)32(22-9-11-23(12-10-22)36-24-14-17-31-18-15-24)26-19-25(13-16-30(2,3)4)37-27(26)29(34)35/h14-15,17-23H,5-12H2,1-4H3,(H,34,35). The Bertz CT molecular complexity index is 1140. The number of hydrogen-bond acceptors (Lipinski definition) is 5. The number of nitrogens with zero attached hydrogens (tertiary/aromatic N) is 2. The number of carbonyl (C=O) groups excluding carboxylic acids is 1. The Hall–Kier alpha value is -2.85. The van der Waals surface area contributed by atoms with E-state index in [1.54, 1.807) is 12.4 Å². The van der Waals surface area contributed by atoms with Gasteiger partial charge in [-0.3, -0.25) is 9.78 Å². The van der Waals surface area contributed by atoms with Gasteiger partial charge in [-0.05, 0) is 96.3 Å². The third-order valence-corrected chi connectivity index (χ3v) is 8.32. The van der Waals surface area contributed by atoms with E-state index in [-0.39, 0.29) is 34.3 Å². The second-order valence-electron chi connectivity index (χ2n) is 11.5. The van der Waals surface area contributed by atoms with E-state index in [1.165, 1.54) is 11.3 Å². The predicted molar refractivity (Wildman–Crippen MR) is 147 cm³/mol. The van der Waals surface area contributed by atoms with E-state index in [0.717, 1.165) is 57.1 Å². The van der Waals surface area contributed by atoms with Gasteiger partial charge in [0.15, 0.2) is 0 Å². The fraction of sp³-hybridized carbons (Fsp3) is 0.567. The van der Waals surface area contributed by atoms with Crippen molar-refractivity contribution in [2.75, 3.05) is 4.90 Å². The zero-order valence-corrected chi connectivity index (χ0v) is 23.1. The molecule has 6 nitrogen and oxygen atoms in total. The molecule has 2 aliphatic rings. The van der Waals surface area contributed by atoms with Crippen molar-refractivity contribution in [3.05, 3.63) is 40.3 Å². The van der Waals surface area contributed by atoms with Crippen LogP contribution in [0.1, 0.15) is 93.6 Å². The van der Waals surface area contributed by atoms with Crippen molar-refractivity contribution in [1.82, 2.24) is 4.98 Å². The highest BCUT2D eigenvalue weighted by molar-refractivity contribution is 7.15. The lowest BCUT2D eigenvalue weighted by Gasteiger charge is -2.39. The van der Waals surface area contributed by atoms with Gasteiger partial charge in [-0.1, -0.05) is 18.8 Å². The molecule has 2 aliphatic carbocycles. The van der Waals surface area contributed by atoms with Crippen LogP contribution < -0.4 is 9.64 Å². The summed E-state index contributed by atoms with van der Waals surface area (Å²) in [5, 5.41) is 10.1. The van der Waals surface area contributed by atoms with Crippen LogP contribution in [0.3, 0.4) is 0 Å². The van der Waals surface area contributed by atoms with Crippen LogP contribution >= 0.6 is 11.3 Å². The second kappa shape index (κ2) is 11.7. The van der Waals surface area contributed by atoms with Gasteiger partial charge in [0.2, 0.25) is 5.91 Å². The largest absolute Gasteiger partial charge is 0.490 e. The summed E-state index contributed by atoms with van der Waals surface area (Å²) in [7, 11) is 0. The minimum absolute atomic E-state index is 0.0553. The molecule has 0 saturated heterocycles. The van der Waals surface area contributed by atoms with Crippen molar-refractivity contribution in [2.24, 2.45) is 17.3 Å². The number of ether oxygens (including phenoxy) is 1. The van der Waals surface area contributed by atoms with E-state index in [1.807, 2.05) is 43.9 Å². The molecule has 0 unspecified atom stereocenters. The summed E-state index contributed by atoms with van der Waals surface area (Å²) in [6.45, 7) is 8.32.